The molecule has 40 heavy (non-hydrogen) atoms. The molecular formula is C32H29ClN2O5. The van der Waals surface area contributed by atoms with Gasteiger partial charge in [0.2, 0.25) is 0 Å². The zero-order valence-corrected chi connectivity index (χ0v) is 23.3. The van der Waals surface area contributed by atoms with E-state index in [2.05, 4.69) is 11.2 Å². The van der Waals surface area contributed by atoms with E-state index in [1.807, 2.05) is 78.4 Å². The van der Waals surface area contributed by atoms with E-state index in [9.17, 15) is 9.59 Å². The van der Waals surface area contributed by atoms with Gasteiger partial charge in [0.05, 0.1) is 18.7 Å². The summed E-state index contributed by atoms with van der Waals surface area (Å²) in [4.78, 5) is 24.8. The van der Waals surface area contributed by atoms with Crippen LogP contribution >= 0.6 is 11.6 Å². The van der Waals surface area contributed by atoms with Gasteiger partial charge in [0, 0.05) is 38.8 Å². The predicted octanol–water partition coefficient (Wildman–Crippen LogP) is 7.34. The minimum absolute atomic E-state index is 0.0175. The van der Waals surface area contributed by atoms with E-state index in [0.29, 0.717) is 28.6 Å². The molecule has 0 saturated carbocycles. The van der Waals surface area contributed by atoms with Crippen LogP contribution in [0.25, 0.3) is 33.4 Å². The molecule has 0 aliphatic heterocycles. The third-order valence-electron chi connectivity index (χ3n) is 6.79. The summed E-state index contributed by atoms with van der Waals surface area (Å²) in [6.45, 7) is 5.93. The summed E-state index contributed by atoms with van der Waals surface area (Å²) in [5.74, 6) is -0.130. The van der Waals surface area contributed by atoms with E-state index in [1.54, 1.807) is 19.9 Å². The molecule has 0 radical (unpaired) electrons. The second-order valence-corrected chi connectivity index (χ2v) is 9.92. The SMILES string of the molecule is CCOC(=O)Cn1ccc2cc(-c3cccc(-c4onc(C)c4CC(=O)OC(C)c4ccccc4Cl)c3)ccc21. The van der Waals surface area contributed by atoms with Crippen LogP contribution < -0.4 is 0 Å². The molecule has 1 atom stereocenters. The standard InChI is InChI=1S/C32H29ClN2O5/c1-4-38-31(37)19-35-15-14-24-16-23(12-13-29(24)35)22-8-7-9-25(17-22)32-27(20(2)34-40-32)18-30(36)39-21(3)26-10-5-6-11-28(26)33/h5-17,21H,4,18-19H2,1-3H3. The van der Waals surface area contributed by atoms with E-state index >= 15 is 0 Å². The molecular weight excluding hydrogens is 528 g/mol. The Morgan fingerprint density at radius 3 is 2.55 bits per heavy atom. The average molecular weight is 557 g/mol. The molecule has 3 aromatic carbocycles. The largest absolute Gasteiger partial charge is 0.465 e. The van der Waals surface area contributed by atoms with Crippen molar-refractivity contribution in [3.05, 3.63) is 101 Å². The van der Waals surface area contributed by atoms with Crippen molar-refractivity contribution < 1.29 is 23.6 Å². The number of nitrogens with zero attached hydrogens (tertiary/aromatic N) is 2. The molecule has 204 valence electrons. The van der Waals surface area contributed by atoms with Crippen molar-refractivity contribution in [2.75, 3.05) is 6.61 Å². The molecule has 0 aliphatic carbocycles. The van der Waals surface area contributed by atoms with Crippen LogP contribution in [0.5, 0.6) is 0 Å². The summed E-state index contributed by atoms with van der Waals surface area (Å²) in [5.41, 5.74) is 5.81. The van der Waals surface area contributed by atoms with Crippen molar-refractivity contribution in [3.8, 4) is 22.5 Å². The third-order valence-corrected chi connectivity index (χ3v) is 7.14. The maximum atomic E-state index is 12.9. The minimum Gasteiger partial charge on any atom is -0.465 e. The first-order chi connectivity index (χ1) is 19.3. The lowest BCUT2D eigenvalue weighted by Crippen LogP contribution is -2.12. The molecule has 0 amide bonds. The van der Waals surface area contributed by atoms with Crippen LogP contribution in [0.4, 0.5) is 0 Å². The van der Waals surface area contributed by atoms with Gasteiger partial charge in [0.25, 0.3) is 0 Å². The van der Waals surface area contributed by atoms with Crippen LogP contribution in [0.15, 0.2) is 83.5 Å². The minimum atomic E-state index is -0.491. The Morgan fingerprint density at radius 2 is 1.75 bits per heavy atom. The first-order valence-corrected chi connectivity index (χ1v) is 13.5. The van der Waals surface area contributed by atoms with Crippen molar-refractivity contribution in [2.24, 2.45) is 0 Å². The van der Waals surface area contributed by atoms with Gasteiger partial charge in [-0.2, -0.15) is 0 Å². The fourth-order valence-corrected chi connectivity index (χ4v) is 5.07. The molecule has 0 saturated heterocycles. The summed E-state index contributed by atoms with van der Waals surface area (Å²) in [6.07, 6.45) is 1.41. The van der Waals surface area contributed by atoms with Gasteiger partial charge in [-0.3, -0.25) is 9.59 Å². The number of aryl methyl sites for hydroxylation is 1. The van der Waals surface area contributed by atoms with Crippen molar-refractivity contribution in [1.29, 1.82) is 0 Å². The Balaban J connectivity index is 1.36. The summed E-state index contributed by atoms with van der Waals surface area (Å²) >= 11 is 6.27. The number of fused-ring (bicyclic) bond motifs is 1. The Hall–Kier alpha value is -4.36. The zero-order chi connectivity index (χ0) is 28.2. The number of rotatable bonds is 9. The van der Waals surface area contributed by atoms with Crippen LogP contribution in [0.3, 0.4) is 0 Å². The van der Waals surface area contributed by atoms with Gasteiger partial charge in [0.1, 0.15) is 12.6 Å². The number of carbonyl (C=O) groups excluding carboxylic acids is 2. The molecule has 5 aromatic rings. The van der Waals surface area contributed by atoms with Crippen LogP contribution in [-0.4, -0.2) is 28.3 Å². The Bertz CT molecular complexity index is 1690. The van der Waals surface area contributed by atoms with Gasteiger partial charge in [-0.05, 0) is 62.2 Å². The van der Waals surface area contributed by atoms with Gasteiger partial charge in [0.15, 0.2) is 5.76 Å². The monoisotopic (exact) mass is 556 g/mol. The number of halogens is 1. The Kier molecular flexibility index (Phi) is 8.03. The predicted molar refractivity (Wildman–Crippen MR) is 154 cm³/mol. The molecule has 0 spiro atoms. The van der Waals surface area contributed by atoms with Gasteiger partial charge in [-0.15, -0.1) is 0 Å². The fraction of sp³-hybridized carbons (Fsp3) is 0.219. The van der Waals surface area contributed by atoms with Crippen molar-refractivity contribution in [3.63, 3.8) is 0 Å². The van der Waals surface area contributed by atoms with Crippen LogP contribution in [-0.2, 0) is 32.0 Å². The van der Waals surface area contributed by atoms with Crippen LogP contribution in [0.1, 0.15) is 36.8 Å². The number of hydrogen-bond acceptors (Lipinski definition) is 6. The highest BCUT2D eigenvalue weighted by Crippen LogP contribution is 2.33. The van der Waals surface area contributed by atoms with Crippen molar-refractivity contribution in [1.82, 2.24) is 9.72 Å². The van der Waals surface area contributed by atoms with E-state index < -0.39 is 12.1 Å². The fourth-order valence-electron chi connectivity index (χ4n) is 4.78. The maximum Gasteiger partial charge on any atom is 0.325 e. The van der Waals surface area contributed by atoms with Crippen molar-refractivity contribution >= 4 is 34.4 Å². The maximum absolute atomic E-state index is 12.9. The second kappa shape index (κ2) is 11.8. The highest BCUT2D eigenvalue weighted by atomic mass is 35.5. The van der Waals surface area contributed by atoms with Gasteiger partial charge in [-0.1, -0.05) is 59.2 Å². The van der Waals surface area contributed by atoms with E-state index in [-0.39, 0.29) is 18.9 Å². The normalized spacial score (nSPS) is 11.9. The number of benzene rings is 3. The molecule has 0 fully saturated rings. The van der Waals surface area contributed by atoms with Gasteiger partial charge >= 0.3 is 11.9 Å². The number of esters is 2. The summed E-state index contributed by atoms with van der Waals surface area (Å²) in [6, 6.07) is 23.3. The average Bonchev–Trinajstić information content (AvgIpc) is 3.51. The first-order valence-electron chi connectivity index (χ1n) is 13.1. The van der Waals surface area contributed by atoms with Gasteiger partial charge in [-0.25, -0.2) is 0 Å². The lowest BCUT2D eigenvalue weighted by molar-refractivity contribution is -0.148. The molecule has 0 bridgehead atoms. The highest BCUT2D eigenvalue weighted by Gasteiger charge is 2.22. The quantitative estimate of drug-likeness (QED) is 0.177. The third kappa shape index (κ3) is 5.80. The lowest BCUT2D eigenvalue weighted by atomic mass is 9.98. The summed E-state index contributed by atoms with van der Waals surface area (Å²) in [5, 5.41) is 5.70. The molecule has 0 aliphatic rings. The Morgan fingerprint density at radius 1 is 0.975 bits per heavy atom. The smallest absolute Gasteiger partial charge is 0.325 e. The topological polar surface area (TPSA) is 83.6 Å². The zero-order valence-electron chi connectivity index (χ0n) is 22.5. The number of aromatic nitrogens is 2. The molecule has 2 aromatic heterocycles. The van der Waals surface area contributed by atoms with Crippen molar-refractivity contribution in [2.45, 2.75) is 39.8 Å². The molecule has 0 N–H and O–H groups in total. The highest BCUT2D eigenvalue weighted by molar-refractivity contribution is 6.31. The lowest BCUT2D eigenvalue weighted by Gasteiger charge is -2.15. The molecule has 8 heteroatoms. The second-order valence-electron chi connectivity index (χ2n) is 9.51. The Labute approximate surface area is 237 Å². The number of carbonyl (C=O) groups is 2. The van der Waals surface area contributed by atoms with E-state index in [0.717, 1.165) is 33.2 Å². The van der Waals surface area contributed by atoms with Crippen LogP contribution in [0.2, 0.25) is 5.02 Å². The van der Waals surface area contributed by atoms with Gasteiger partial charge < -0.3 is 18.6 Å². The molecule has 2 heterocycles. The van der Waals surface area contributed by atoms with Crippen LogP contribution in [0, 0.1) is 6.92 Å². The molecule has 7 nitrogen and oxygen atoms in total. The number of ether oxygens (including phenoxy) is 2. The molecule has 1 unspecified atom stereocenters. The number of hydrogen-bond donors (Lipinski definition) is 0. The summed E-state index contributed by atoms with van der Waals surface area (Å²) < 4.78 is 18.3. The van der Waals surface area contributed by atoms with E-state index in [1.165, 1.54) is 0 Å². The first kappa shape index (κ1) is 27.2. The molecule has 5 rings (SSSR count). The summed E-state index contributed by atoms with van der Waals surface area (Å²) in [7, 11) is 0. The van der Waals surface area contributed by atoms with E-state index in [4.69, 9.17) is 25.6 Å².